The van der Waals surface area contributed by atoms with Gasteiger partial charge < -0.3 is 15.6 Å². The van der Waals surface area contributed by atoms with Gasteiger partial charge in [0.15, 0.2) is 17.7 Å². The molecule has 2 aromatic carbocycles. The van der Waals surface area contributed by atoms with Gasteiger partial charge in [0.2, 0.25) is 0 Å². The highest BCUT2D eigenvalue weighted by atomic mass is 35.5. The average Bonchev–Trinajstić information content (AvgIpc) is 3.16. The Kier molecular flexibility index (Phi) is 9.23. The number of nitrogens with zero attached hydrogens (tertiary/aromatic N) is 3. The van der Waals surface area contributed by atoms with Crippen LogP contribution < -0.4 is 11.4 Å². The second kappa shape index (κ2) is 11.9. The van der Waals surface area contributed by atoms with Crippen LogP contribution in [0.15, 0.2) is 53.3 Å². The quantitative estimate of drug-likeness (QED) is 0.330. The number of benzene rings is 2. The van der Waals surface area contributed by atoms with Crippen molar-refractivity contribution in [2.75, 3.05) is 6.61 Å². The van der Waals surface area contributed by atoms with Crippen molar-refractivity contribution >= 4 is 23.5 Å². The summed E-state index contributed by atoms with van der Waals surface area (Å²) in [4.78, 5) is 37.4. The van der Waals surface area contributed by atoms with Crippen LogP contribution in [0.4, 0.5) is 31.1 Å². The third-order valence-electron chi connectivity index (χ3n) is 6.09. The summed E-state index contributed by atoms with van der Waals surface area (Å²) in [6.07, 6.45) is -14.6. The molecule has 16 heteroatoms. The summed E-state index contributed by atoms with van der Waals surface area (Å²) in [5.41, 5.74) is 1.38. The lowest BCUT2D eigenvalue weighted by molar-refractivity contribution is -0.207. The minimum atomic E-state index is -5.07. The van der Waals surface area contributed by atoms with E-state index in [1.807, 2.05) is 0 Å². The number of hydrogen-bond acceptors (Lipinski definition) is 6. The first-order valence-corrected chi connectivity index (χ1v) is 12.1. The first-order chi connectivity index (χ1) is 18.9. The second-order valence-electron chi connectivity index (χ2n) is 9.40. The zero-order valence-corrected chi connectivity index (χ0v) is 21.9. The van der Waals surface area contributed by atoms with Gasteiger partial charge in [0.05, 0.1) is 12.1 Å². The second-order valence-corrected chi connectivity index (χ2v) is 9.84. The Morgan fingerprint density at radius 3 is 2.24 bits per heavy atom. The lowest BCUT2D eigenvalue weighted by atomic mass is 9.78. The molecular weight excluding hydrogens is 586 g/mol. The predicted octanol–water partition coefficient (Wildman–Crippen LogP) is 4.32. The Morgan fingerprint density at radius 1 is 1.07 bits per heavy atom. The molecule has 0 unspecified atom stereocenters. The fourth-order valence-corrected chi connectivity index (χ4v) is 4.12. The van der Waals surface area contributed by atoms with Crippen LogP contribution in [0.3, 0.4) is 0 Å². The fourth-order valence-electron chi connectivity index (χ4n) is 3.99. The molecule has 0 aliphatic carbocycles. The van der Waals surface area contributed by atoms with Crippen molar-refractivity contribution in [2.45, 2.75) is 50.3 Å². The van der Waals surface area contributed by atoms with E-state index in [9.17, 15) is 45.8 Å². The number of Topliss-reactive ketones (excluding diaryl/α,β-unsaturated/α-hetero) is 1. The molecule has 222 valence electrons. The van der Waals surface area contributed by atoms with Crippen molar-refractivity contribution in [3.05, 3.63) is 75.2 Å². The maximum absolute atomic E-state index is 13.3. The number of amides is 1. The van der Waals surface area contributed by atoms with E-state index in [1.165, 1.54) is 37.3 Å². The van der Waals surface area contributed by atoms with Gasteiger partial charge in [-0.05, 0) is 35.9 Å². The number of ether oxygens (including phenoxy) is 1. The maximum atomic E-state index is 13.3. The van der Waals surface area contributed by atoms with Gasteiger partial charge in [-0.2, -0.15) is 26.3 Å². The number of carbonyl (C=O) groups excluding carboxylic acids is 2. The number of ketones is 1. The largest absolute Gasteiger partial charge is 0.449 e. The molecule has 0 fully saturated rings. The molecule has 0 saturated heterocycles. The molecule has 9 nitrogen and oxygen atoms in total. The van der Waals surface area contributed by atoms with Crippen LogP contribution >= 0.6 is 11.6 Å². The van der Waals surface area contributed by atoms with Gasteiger partial charge in [0.25, 0.3) is 0 Å². The normalized spacial score (nSPS) is 14.4. The SMILES string of the molecule is C[C@@](COC(N)=O)(CC(=O)Cn1nc(-c2ccc(Cl)cc2)n(C[C@H](O)C(F)(F)F)c1=O)c1cccc(C(F)(F)F)c1. The molecule has 3 N–H and O–H groups in total. The summed E-state index contributed by atoms with van der Waals surface area (Å²) in [6, 6.07) is 9.45. The molecule has 1 aromatic heterocycles. The minimum absolute atomic E-state index is 0.0324. The summed E-state index contributed by atoms with van der Waals surface area (Å²) in [5.74, 6) is -1.09. The summed E-state index contributed by atoms with van der Waals surface area (Å²) < 4.78 is 85.1. The lowest BCUT2D eigenvalue weighted by Crippen LogP contribution is -2.38. The zero-order chi connectivity index (χ0) is 30.8. The van der Waals surface area contributed by atoms with Gasteiger partial charge >= 0.3 is 24.1 Å². The molecule has 2 atom stereocenters. The summed E-state index contributed by atoms with van der Waals surface area (Å²) in [5, 5.41) is 13.8. The number of nitrogens with two attached hydrogens (primary N) is 1. The first-order valence-electron chi connectivity index (χ1n) is 11.7. The molecular formula is C25H23ClF6N4O5. The molecule has 3 rings (SSSR count). The van der Waals surface area contributed by atoms with Crippen LogP contribution in [0.5, 0.6) is 0 Å². The third-order valence-corrected chi connectivity index (χ3v) is 6.34. The number of alkyl halides is 6. The van der Waals surface area contributed by atoms with E-state index in [0.29, 0.717) is 9.25 Å². The number of hydrogen-bond donors (Lipinski definition) is 2. The lowest BCUT2D eigenvalue weighted by Gasteiger charge is -2.29. The van der Waals surface area contributed by atoms with Crippen molar-refractivity contribution in [3.63, 3.8) is 0 Å². The van der Waals surface area contributed by atoms with Crippen molar-refractivity contribution in [2.24, 2.45) is 5.73 Å². The average molecular weight is 609 g/mol. The van der Waals surface area contributed by atoms with E-state index in [-0.39, 0.29) is 22.0 Å². The van der Waals surface area contributed by atoms with Gasteiger partial charge in [-0.1, -0.05) is 36.7 Å². The van der Waals surface area contributed by atoms with E-state index >= 15 is 0 Å². The van der Waals surface area contributed by atoms with Crippen LogP contribution in [0.2, 0.25) is 5.02 Å². The maximum Gasteiger partial charge on any atom is 0.416 e. The molecule has 0 bridgehead atoms. The summed E-state index contributed by atoms with van der Waals surface area (Å²) in [7, 11) is 0. The van der Waals surface area contributed by atoms with Crippen molar-refractivity contribution in [1.82, 2.24) is 14.3 Å². The minimum Gasteiger partial charge on any atom is -0.449 e. The fraction of sp³-hybridized carbons (Fsp3) is 0.360. The highest BCUT2D eigenvalue weighted by Crippen LogP contribution is 2.35. The predicted molar refractivity (Wildman–Crippen MR) is 133 cm³/mol. The van der Waals surface area contributed by atoms with E-state index < -0.39 is 73.1 Å². The number of aliphatic hydroxyl groups excluding tert-OH is 1. The van der Waals surface area contributed by atoms with Gasteiger partial charge in [-0.15, -0.1) is 5.10 Å². The Morgan fingerprint density at radius 2 is 1.68 bits per heavy atom. The molecule has 1 heterocycles. The highest BCUT2D eigenvalue weighted by Gasteiger charge is 2.40. The zero-order valence-electron chi connectivity index (χ0n) is 21.2. The van der Waals surface area contributed by atoms with Crippen molar-refractivity contribution < 1.29 is 45.8 Å². The van der Waals surface area contributed by atoms with Gasteiger partial charge in [-0.3, -0.25) is 9.36 Å². The molecule has 3 aromatic rings. The van der Waals surface area contributed by atoms with Crippen LogP contribution in [-0.2, 0) is 34.2 Å². The molecule has 0 radical (unpaired) electrons. The molecule has 41 heavy (non-hydrogen) atoms. The van der Waals surface area contributed by atoms with Crippen LogP contribution in [0.1, 0.15) is 24.5 Å². The number of aliphatic hydroxyl groups is 1. The van der Waals surface area contributed by atoms with Crippen molar-refractivity contribution in [3.8, 4) is 11.4 Å². The van der Waals surface area contributed by atoms with Crippen molar-refractivity contribution in [1.29, 1.82) is 0 Å². The molecule has 0 saturated carbocycles. The molecule has 0 spiro atoms. The topological polar surface area (TPSA) is 129 Å². The Bertz CT molecular complexity index is 1470. The molecule has 0 aliphatic rings. The molecule has 0 aliphatic heterocycles. The smallest absolute Gasteiger partial charge is 0.416 e. The Hall–Kier alpha value is -3.85. The van der Waals surface area contributed by atoms with Gasteiger partial charge in [-0.25, -0.2) is 14.3 Å². The van der Waals surface area contributed by atoms with Crippen LogP contribution in [0.25, 0.3) is 11.4 Å². The number of rotatable bonds is 10. The molecule has 1 amide bonds. The van der Waals surface area contributed by atoms with Crippen LogP contribution in [0, 0.1) is 0 Å². The van der Waals surface area contributed by atoms with Gasteiger partial charge in [0, 0.05) is 22.4 Å². The van der Waals surface area contributed by atoms with E-state index in [4.69, 9.17) is 22.1 Å². The number of carbonyl (C=O) groups is 2. The standard InChI is InChI=1S/C25H23ClF6N4O5/c1-23(13-41-21(33)39,15-3-2-4-16(9-15)24(27,28)29)10-18(37)11-36-22(40)35(12-19(38)25(30,31)32)20(34-36)14-5-7-17(26)8-6-14/h2-9,19,38H,10-13H2,1H3,(H2,33,39)/t19-,23-/m0/s1. The van der Waals surface area contributed by atoms with Gasteiger partial charge in [0.1, 0.15) is 13.2 Å². The summed E-state index contributed by atoms with van der Waals surface area (Å²) in [6.45, 7) is -1.31. The monoisotopic (exact) mass is 608 g/mol. The van der Waals surface area contributed by atoms with E-state index in [1.54, 1.807) is 0 Å². The Labute approximate surface area is 233 Å². The number of primary amides is 1. The number of aromatic nitrogens is 3. The van der Waals surface area contributed by atoms with E-state index in [0.717, 1.165) is 18.2 Å². The highest BCUT2D eigenvalue weighted by molar-refractivity contribution is 6.30. The van der Waals surface area contributed by atoms with E-state index in [2.05, 4.69) is 5.10 Å². The van der Waals surface area contributed by atoms with Crippen LogP contribution in [-0.4, -0.2) is 50.2 Å². The Balaban J connectivity index is 1.98. The summed E-state index contributed by atoms with van der Waals surface area (Å²) >= 11 is 5.85. The first kappa shape index (κ1) is 31.7. The number of halogens is 7. The third kappa shape index (κ3) is 7.88.